The molecule has 0 aromatic heterocycles. The highest BCUT2D eigenvalue weighted by Gasteiger charge is 2.39. The van der Waals surface area contributed by atoms with Crippen LogP contribution in [0.1, 0.15) is 63.6 Å². The fourth-order valence-electron chi connectivity index (χ4n) is 5.36. The lowest BCUT2D eigenvalue weighted by atomic mass is 9.76. The van der Waals surface area contributed by atoms with Crippen molar-refractivity contribution in [1.29, 1.82) is 5.41 Å². The van der Waals surface area contributed by atoms with Crippen molar-refractivity contribution in [2.75, 3.05) is 27.2 Å². The minimum Gasteiger partial charge on any atom is -0.372 e. The summed E-state index contributed by atoms with van der Waals surface area (Å²) in [6.45, 7) is 23.0. The van der Waals surface area contributed by atoms with Crippen molar-refractivity contribution >= 4 is 12.4 Å². The van der Waals surface area contributed by atoms with E-state index in [1.54, 1.807) is 0 Å². The molecule has 2 aliphatic carbocycles. The Kier molecular flexibility index (Phi) is 13.2. The maximum atomic E-state index is 5.50. The lowest BCUT2D eigenvalue weighted by Gasteiger charge is -2.42. The van der Waals surface area contributed by atoms with Crippen LogP contribution in [0, 0.1) is 17.2 Å². The van der Waals surface area contributed by atoms with Crippen LogP contribution in [0.5, 0.6) is 0 Å². The summed E-state index contributed by atoms with van der Waals surface area (Å²) in [5.41, 5.74) is 6.62. The Morgan fingerprint density at radius 3 is 2.27 bits per heavy atom. The van der Waals surface area contributed by atoms with Gasteiger partial charge in [-0.1, -0.05) is 101 Å². The average molecular weight is 541 g/mol. The van der Waals surface area contributed by atoms with E-state index in [1.807, 2.05) is 20.9 Å². The predicted molar refractivity (Wildman–Crippen MR) is 175 cm³/mol. The Morgan fingerprint density at radius 2 is 1.73 bits per heavy atom. The largest absolute Gasteiger partial charge is 0.372 e. The summed E-state index contributed by atoms with van der Waals surface area (Å²) in [4.78, 5) is 4.73. The van der Waals surface area contributed by atoms with E-state index < -0.39 is 5.54 Å². The maximum absolute atomic E-state index is 5.50. The summed E-state index contributed by atoms with van der Waals surface area (Å²) in [7, 11) is 4.20. The van der Waals surface area contributed by atoms with Gasteiger partial charge in [-0.25, -0.2) is 0 Å². The number of nitrogens with zero attached hydrogens (tertiary/aromatic N) is 2. The van der Waals surface area contributed by atoms with Crippen LogP contribution in [-0.4, -0.2) is 43.7 Å². The van der Waals surface area contributed by atoms with Crippen molar-refractivity contribution in [3.05, 3.63) is 114 Å². The summed E-state index contributed by atoms with van der Waals surface area (Å²) < 4.78 is 0. The van der Waals surface area contributed by atoms with Gasteiger partial charge in [0.1, 0.15) is 5.54 Å². The minimum atomic E-state index is -0.489. The highest BCUT2D eigenvalue weighted by Crippen LogP contribution is 2.40. The second-order valence-electron chi connectivity index (χ2n) is 10.5. The van der Waals surface area contributed by atoms with Gasteiger partial charge in [0.25, 0.3) is 0 Å². The molecule has 4 rings (SSSR count). The maximum Gasteiger partial charge on any atom is 0.108 e. The van der Waals surface area contributed by atoms with Crippen LogP contribution >= 0.6 is 0 Å². The van der Waals surface area contributed by atoms with Gasteiger partial charge in [-0.15, -0.1) is 0 Å². The smallest absolute Gasteiger partial charge is 0.108 e. The van der Waals surface area contributed by atoms with Gasteiger partial charge in [-0.05, 0) is 80.1 Å². The zero-order valence-electron chi connectivity index (χ0n) is 25.8. The first-order chi connectivity index (χ1) is 19.4. The summed E-state index contributed by atoms with van der Waals surface area (Å²) in [5.74, 6) is 1.40. The Hall–Kier alpha value is -3.37. The van der Waals surface area contributed by atoms with Crippen molar-refractivity contribution in [2.24, 2.45) is 11.8 Å². The van der Waals surface area contributed by atoms with E-state index >= 15 is 0 Å². The van der Waals surface area contributed by atoms with Crippen LogP contribution in [0.4, 0.5) is 0 Å². The van der Waals surface area contributed by atoms with Gasteiger partial charge in [0.2, 0.25) is 0 Å². The molecule has 0 aliphatic heterocycles. The molecule has 0 bridgehead atoms. The van der Waals surface area contributed by atoms with Crippen molar-refractivity contribution in [2.45, 2.75) is 59.0 Å². The average Bonchev–Trinajstić information content (AvgIpc) is 3.84. The highest BCUT2D eigenvalue weighted by atomic mass is 15.2. The number of hydrogen-bond donors (Lipinski definition) is 2. The van der Waals surface area contributed by atoms with Crippen LogP contribution in [0.2, 0.25) is 0 Å². The normalized spacial score (nSPS) is 17.1. The quantitative estimate of drug-likeness (QED) is 0.266. The first-order valence-corrected chi connectivity index (χ1v) is 14.8. The first kappa shape index (κ1) is 32.8. The molecule has 0 saturated heterocycles. The molecule has 2 aromatic carbocycles. The number of benzene rings is 2. The second-order valence-corrected chi connectivity index (χ2v) is 10.5. The van der Waals surface area contributed by atoms with E-state index in [2.05, 4.69) is 129 Å². The molecule has 4 heteroatoms. The van der Waals surface area contributed by atoms with Gasteiger partial charge < -0.3 is 20.5 Å². The van der Waals surface area contributed by atoms with Crippen molar-refractivity contribution in [1.82, 2.24) is 15.1 Å². The Morgan fingerprint density at radius 1 is 1.05 bits per heavy atom. The zero-order chi connectivity index (χ0) is 29.7. The van der Waals surface area contributed by atoms with Crippen LogP contribution in [-0.2, 0) is 12.1 Å². The number of likely N-dealkylation sites (N-methyl/N-ethyl adjacent to an activating group) is 2. The number of allylic oxidation sites excluding steroid dienone is 2. The highest BCUT2D eigenvalue weighted by molar-refractivity contribution is 5.62. The molecule has 216 valence electrons. The third-order valence-electron chi connectivity index (χ3n) is 7.84. The fourth-order valence-corrected chi connectivity index (χ4v) is 5.36. The zero-order valence-corrected chi connectivity index (χ0v) is 25.8. The molecular formula is C36H52N4. The van der Waals surface area contributed by atoms with Crippen molar-refractivity contribution < 1.29 is 0 Å². The third kappa shape index (κ3) is 7.85. The number of rotatable bonds is 12. The number of hydrogen-bond acceptors (Lipinski definition) is 4. The summed E-state index contributed by atoms with van der Waals surface area (Å²) >= 11 is 0. The van der Waals surface area contributed by atoms with Crippen molar-refractivity contribution in [3.8, 4) is 0 Å². The molecule has 2 aromatic rings. The standard InChI is InChI=1S/C33H43N3.C2H6.CH3N/c1-7-36(24-28-18-19-28)26(3)30-13-11-12-29(22-30)23-35(6)27(4)33(34-5,31-14-9-8-10-15-31)32-20-16-25(2)17-21-32;2*1-2/h8-16,20-22,25,28,34H,3-4,7,17-19,23-24H2,1-2,5-6H3;1-2H3;2H,1H2. The van der Waals surface area contributed by atoms with Crippen LogP contribution in [0.3, 0.4) is 0 Å². The van der Waals surface area contributed by atoms with Crippen LogP contribution in [0.15, 0.2) is 97.3 Å². The molecule has 1 fully saturated rings. The molecular weight excluding hydrogens is 488 g/mol. The van der Waals surface area contributed by atoms with Gasteiger partial charge in [0, 0.05) is 38.1 Å². The van der Waals surface area contributed by atoms with Gasteiger partial charge in [0.05, 0.1) is 0 Å². The molecule has 4 nitrogen and oxygen atoms in total. The molecule has 1 saturated carbocycles. The first-order valence-electron chi connectivity index (χ1n) is 14.8. The minimum absolute atomic E-state index is 0.489. The Balaban J connectivity index is 0.00000134. The molecule has 2 unspecified atom stereocenters. The van der Waals surface area contributed by atoms with E-state index in [-0.39, 0.29) is 0 Å². The molecule has 2 aliphatic rings. The van der Waals surface area contributed by atoms with E-state index in [0.29, 0.717) is 5.92 Å². The Labute approximate surface area is 244 Å². The summed E-state index contributed by atoms with van der Waals surface area (Å²) in [6, 6.07) is 19.6. The molecule has 0 heterocycles. The Bertz CT molecular complexity index is 1140. The summed E-state index contributed by atoms with van der Waals surface area (Å²) in [6.07, 6.45) is 10.7. The molecule has 0 radical (unpaired) electrons. The molecule has 2 atom stereocenters. The second kappa shape index (κ2) is 16.0. The van der Waals surface area contributed by atoms with Gasteiger partial charge in [-0.2, -0.15) is 0 Å². The third-order valence-corrected chi connectivity index (χ3v) is 7.84. The van der Waals surface area contributed by atoms with Crippen LogP contribution in [0.25, 0.3) is 5.70 Å². The molecule has 0 amide bonds. The van der Waals surface area contributed by atoms with E-state index in [9.17, 15) is 0 Å². The fraction of sp³-hybridized carbons (Fsp3) is 0.417. The lowest BCUT2D eigenvalue weighted by molar-refractivity contribution is 0.321. The topological polar surface area (TPSA) is 42.4 Å². The van der Waals surface area contributed by atoms with Crippen LogP contribution < -0.4 is 5.32 Å². The monoisotopic (exact) mass is 540 g/mol. The SMILES string of the molecule is C=C(c1cccc(CN(C)C(=C)C(NC)(C2=CCC(C)C=C2)c2ccccc2)c1)N(CC)CC1CC1.C=N.CC. The molecule has 0 spiro atoms. The van der Waals surface area contributed by atoms with E-state index in [1.165, 1.54) is 35.1 Å². The van der Waals surface area contributed by atoms with E-state index in [0.717, 1.165) is 43.4 Å². The molecule has 2 N–H and O–H groups in total. The van der Waals surface area contributed by atoms with Gasteiger partial charge >= 0.3 is 0 Å². The van der Waals surface area contributed by atoms with E-state index in [4.69, 9.17) is 5.41 Å². The van der Waals surface area contributed by atoms with Gasteiger partial charge in [0.15, 0.2) is 0 Å². The number of nitrogens with one attached hydrogen (secondary N) is 2. The summed E-state index contributed by atoms with van der Waals surface area (Å²) in [5, 5.41) is 9.18. The van der Waals surface area contributed by atoms with Gasteiger partial charge in [-0.3, -0.25) is 0 Å². The molecule has 40 heavy (non-hydrogen) atoms. The lowest BCUT2D eigenvalue weighted by Crippen LogP contribution is -2.47. The van der Waals surface area contributed by atoms with Crippen molar-refractivity contribution in [3.63, 3.8) is 0 Å². The predicted octanol–water partition coefficient (Wildman–Crippen LogP) is 8.26.